The van der Waals surface area contributed by atoms with E-state index in [0.717, 1.165) is 11.3 Å². The van der Waals surface area contributed by atoms with Crippen molar-refractivity contribution in [2.24, 2.45) is 10.1 Å². The molecule has 0 amide bonds. The minimum absolute atomic E-state index is 0.0491. The van der Waals surface area contributed by atoms with Crippen molar-refractivity contribution in [3.63, 3.8) is 0 Å². The van der Waals surface area contributed by atoms with Crippen LogP contribution in [0.3, 0.4) is 0 Å². The molecule has 6 nitrogen and oxygen atoms in total. The molecule has 0 radical (unpaired) electrons. The van der Waals surface area contributed by atoms with E-state index in [4.69, 9.17) is 39.5 Å². The van der Waals surface area contributed by atoms with Crippen molar-refractivity contribution >= 4 is 53.2 Å². The van der Waals surface area contributed by atoms with Crippen LogP contribution in [0, 0.1) is 0 Å². The van der Waals surface area contributed by atoms with E-state index < -0.39 is 0 Å². The summed E-state index contributed by atoms with van der Waals surface area (Å²) in [6, 6.07) is 17.3. The molecule has 0 saturated heterocycles. The number of imidazole rings is 1. The Bertz CT molecular complexity index is 1350. The molecule has 1 heterocycles. The Hall–Kier alpha value is -3.32. The van der Waals surface area contributed by atoms with Gasteiger partial charge in [0.25, 0.3) is 5.95 Å². The molecule has 1 N–H and O–H groups in total. The Kier molecular flexibility index (Phi) is 6.99. The van der Waals surface area contributed by atoms with E-state index in [9.17, 15) is 5.11 Å². The summed E-state index contributed by atoms with van der Waals surface area (Å²) in [6.07, 6.45) is 4.81. The van der Waals surface area contributed by atoms with Crippen LogP contribution in [0.5, 0.6) is 11.5 Å². The summed E-state index contributed by atoms with van der Waals surface area (Å²) < 4.78 is 6.74. The first-order chi connectivity index (χ1) is 15.9. The number of phenolic OH excluding ortho intramolecular Hbond substituents is 1. The van der Waals surface area contributed by atoms with Crippen molar-refractivity contribution in [3.05, 3.63) is 93.1 Å². The first-order valence-corrected chi connectivity index (χ1v) is 10.8. The molecule has 0 unspecified atom stereocenters. The first-order valence-electron chi connectivity index (χ1n) is 9.69. The zero-order chi connectivity index (χ0) is 23.4. The summed E-state index contributed by atoms with van der Waals surface area (Å²) >= 11 is 18.3. The van der Waals surface area contributed by atoms with Gasteiger partial charge in [-0.1, -0.05) is 40.9 Å². The number of benzene rings is 3. The molecule has 0 aliphatic rings. The quantitative estimate of drug-likeness (QED) is 0.295. The lowest BCUT2D eigenvalue weighted by Crippen LogP contribution is -1.91. The van der Waals surface area contributed by atoms with Gasteiger partial charge in [0.1, 0.15) is 11.5 Å². The van der Waals surface area contributed by atoms with E-state index in [1.807, 2.05) is 24.3 Å². The summed E-state index contributed by atoms with van der Waals surface area (Å²) in [7, 11) is 1.61. The Morgan fingerprint density at radius 2 is 1.64 bits per heavy atom. The molecule has 0 aliphatic carbocycles. The first kappa shape index (κ1) is 22.9. The molecule has 4 rings (SSSR count). The normalized spacial score (nSPS) is 11.5. The number of aliphatic imine (C=N–C) groups is 1. The molecule has 0 fully saturated rings. The van der Waals surface area contributed by atoms with E-state index in [2.05, 4.69) is 15.1 Å². The van der Waals surface area contributed by atoms with Crippen LogP contribution in [0.1, 0.15) is 11.1 Å². The van der Waals surface area contributed by atoms with Crippen molar-refractivity contribution in [2.75, 3.05) is 7.11 Å². The second-order valence-corrected chi connectivity index (χ2v) is 8.15. The Morgan fingerprint density at radius 3 is 2.36 bits per heavy atom. The molecule has 0 bridgehead atoms. The molecular formula is C24H17Cl3N4O2. The number of halogens is 3. The van der Waals surface area contributed by atoms with Crippen LogP contribution >= 0.6 is 34.8 Å². The smallest absolute Gasteiger partial charge is 0.251 e. The van der Waals surface area contributed by atoms with Crippen molar-refractivity contribution in [1.82, 2.24) is 9.66 Å². The molecular weight excluding hydrogens is 483 g/mol. The summed E-state index contributed by atoms with van der Waals surface area (Å²) in [5.41, 5.74) is 2.65. The standard InChI is InChI=1S/C24H17Cl3N4O2/c1-33-20-7-3-15(4-8-20)22-14-31(29-13-16-2-5-19(26)11-21(16)27)24(30-22)28-12-17-10-18(25)6-9-23(17)32/h2-14,32H,1H3. The molecule has 0 atom stereocenters. The fraction of sp³-hybridized carbons (Fsp3) is 0.0417. The van der Waals surface area contributed by atoms with E-state index in [1.54, 1.807) is 49.9 Å². The Morgan fingerprint density at radius 1 is 0.909 bits per heavy atom. The summed E-state index contributed by atoms with van der Waals surface area (Å²) in [5, 5.41) is 16.0. The van der Waals surface area contributed by atoms with Gasteiger partial charge >= 0.3 is 0 Å². The Balaban J connectivity index is 1.73. The predicted octanol–water partition coefficient (Wildman–Crippen LogP) is 6.86. The molecule has 166 valence electrons. The average Bonchev–Trinajstić information content (AvgIpc) is 3.22. The number of nitrogens with zero attached hydrogens (tertiary/aromatic N) is 4. The number of hydrogen-bond acceptors (Lipinski definition) is 5. The molecule has 0 saturated carbocycles. The van der Waals surface area contributed by atoms with E-state index in [1.165, 1.54) is 17.0 Å². The van der Waals surface area contributed by atoms with Gasteiger partial charge in [-0.2, -0.15) is 5.10 Å². The zero-order valence-corrected chi connectivity index (χ0v) is 19.6. The molecule has 0 spiro atoms. The van der Waals surface area contributed by atoms with Crippen LogP contribution in [-0.2, 0) is 0 Å². The van der Waals surface area contributed by atoms with Crippen LogP contribution in [0.4, 0.5) is 5.95 Å². The number of aromatic hydroxyl groups is 1. The van der Waals surface area contributed by atoms with E-state index in [0.29, 0.717) is 37.8 Å². The topological polar surface area (TPSA) is 72.0 Å². The predicted molar refractivity (Wildman–Crippen MR) is 134 cm³/mol. The number of phenols is 1. The van der Waals surface area contributed by atoms with Crippen LogP contribution in [-0.4, -0.2) is 34.3 Å². The SMILES string of the molecule is COc1ccc(-c2cn(N=Cc3ccc(Cl)cc3Cl)c(N=Cc3cc(Cl)ccc3O)n2)cc1. The van der Waals surface area contributed by atoms with Gasteiger partial charge in [0.05, 0.1) is 30.2 Å². The van der Waals surface area contributed by atoms with Gasteiger partial charge in [0, 0.05) is 33.0 Å². The van der Waals surface area contributed by atoms with Crippen LogP contribution in [0.25, 0.3) is 11.3 Å². The molecule has 9 heteroatoms. The van der Waals surface area contributed by atoms with Crippen LogP contribution in [0.15, 0.2) is 77.0 Å². The average molecular weight is 500 g/mol. The maximum absolute atomic E-state index is 10.1. The van der Waals surface area contributed by atoms with Gasteiger partial charge in [0.15, 0.2) is 0 Å². The highest BCUT2D eigenvalue weighted by atomic mass is 35.5. The molecule has 0 aliphatic heterocycles. The van der Waals surface area contributed by atoms with Gasteiger partial charge in [0.2, 0.25) is 0 Å². The van der Waals surface area contributed by atoms with Gasteiger partial charge in [-0.3, -0.25) is 0 Å². The number of ether oxygens (including phenoxy) is 1. The lowest BCUT2D eigenvalue weighted by molar-refractivity contribution is 0.415. The number of methoxy groups -OCH3 is 1. The van der Waals surface area contributed by atoms with Crippen molar-refractivity contribution in [3.8, 4) is 22.8 Å². The van der Waals surface area contributed by atoms with Crippen LogP contribution < -0.4 is 4.74 Å². The maximum atomic E-state index is 10.1. The lowest BCUT2D eigenvalue weighted by atomic mass is 10.2. The minimum atomic E-state index is 0.0491. The highest BCUT2D eigenvalue weighted by Crippen LogP contribution is 2.26. The van der Waals surface area contributed by atoms with Crippen LogP contribution in [0.2, 0.25) is 15.1 Å². The van der Waals surface area contributed by atoms with E-state index >= 15 is 0 Å². The monoisotopic (exact) mass is 498 g/mol. The van der Waals surface area contributed by atoms with Gasteiger partial charge in [-0.05, 0) is 54.6 Å². The zero-order valence-electron chi connectivity index (χ0n) is 17.3. The second kappa shape index (κ2) is 10.1. The fourth-order valence-corrected chi connectivity index (χ4v) is 3.56. The van der Waals surface area contributed by atoms with Gasteiger partial charge in [-0.15, -0.1) is 0 Å². The molecule has 3 aromatic carbocycles. The molecule has 33 heavy (non-hydrogen) atoms. The van der Waals surface area contributed by atoms with Crippen molar-refractivity contribution in [1.29, 1.82) is 0 Å². The summed E-state index contributed by atoms with van der Waals surface area (Å²) in [6.45, 7) is 0. The third-order valence-electron chi connectivity index (χ3n) is 4.65. The van der Waals surface area contributed by atoms with Crippen molar-refractivity contribution < 1.29 is 9.84 Å². The highest BCUT2D eigenvalue weighted by molar-refractivity contribution is 6.36. The Labute approximate surface area is 205 Å². The van der Waals surface area contributed by atoms with Gasteiger partial charge in [-0.25, -0.2) is 14.7 Å². The summed E-state index contributed by atoms with van der Waals surface area (Å²) in [4.78, 5) is 9.02. The third-order valence-corrected chi connectivity index (χ3v) is 5.45. The molecule has 1 aromatic heterocycles. The van der Waals surface area contributed by atoms with E-state index in [-0.39, 0.29) is 5.75 Å². The largest absolute Gasteiger partial charge is 0.507 e. The minimum Gasteiger partial charge on any atom is -0.507 e. The van der Waals surface area contributed by atoms with Gasteiger partial charge < -0.3 is 9.84 Å². The maximum Gasteiger partial charge on any atom is 0.251 e. The van der Waals surface area contributed by atoms with Crippen molar-refractivity contribution in [2.45, 2.75) is 0 Å². The fourth-order valence-electron chi connectivity index (χ4n) is 2.92. The number of hydrogen-bond donors (Lipinski definition) is 1. The second-order valence-electron chi connectivity index (χ2n) is 6.87. The lowest BCUT2D eigenvalue weighted by Gasteiger charge is -2.00. The number of aromatic nitrogens is 2. The molecule has 4 aromatic rings. The summed E-state index contributed by atoms with van der Waals surface area (Å²) in [5.74, 6) is 1.08. The third kappa shape index (κ3) is 5.54. The highest BCUT2D eigenvalue weighted by Gasteiger charge is 2.10. The number of rotatable bonds is 6.